The Kier molecular flexibility index (Phi) is 5.69. The molecule has 176 valence electrons. The number of rotatable bonds is 5. The third-order valence-corrected chi connectivity index (χ3v) is 9.33. The molecule has 0 radical (unpaired) electrons. The van der Waals surface area contributed by atoms with Crippen LogP contribution in [0.2, 0.25) is 5.02 Å². The molecular formula is C22H29ClN2O6S. The molecule has 4 atom stereocenters. The van der Waals surface area contributed by atoms with Crippen molar-refractivity contribution in [3.63, 3.8) is 0 Å². The fraction of sp³-hybridized carbons (Fsp3) is 0.682. The number of nitrogens with zero attached hydrogens (tertiary/aromatic N) is 2. The van der Waals surface area contributed by atoms with Crippen molar-refractivity contribution in [3.05, 3.63) is 29.3 Å². The van der Waals surface area contributed by atoms with E-state index in [9.17, 15) is 18.3 Å². The Morgan fingerprint density at radius 1 is 1.22 bits per heavy atom. The summed E-state index contributed by atoms with van der Waals surface area (Å²) in [7, 11) is -3.87. The van der Waals surface area contributed by atoms with E-state index in [1.165, 1.54) is 17.0 Å². The Hall–Kier alpha value is -1.39. The first-order valence-electron chi connectivity index (χ1n) is 11.3. The number of aliphatic hydroxyl groups excluding tert-OH is 1. The van der Waals surface area contributed by atoms with Gasteiger partial charge in [-0.2, -0.15) is 4.31 Å². The number of β-amino-alcohol motifs (C(OH)–C–C–N with tert-alkyl or cyclic N) is 1. The van der Waals surface area contributed by atoms with Gasteiger partial charge in [0, 0.05) is 18.1 Å². The Bertz CT molecular complexity index is 979. The summed E-state index contributed by atoms with van der Waals surface area (Å²) in [5.74, 6) is 0.232. The smallest absolute Gasteiger partial charge is 0.410 e. The van der Waals surface area contributed by atoms with Gasteiger partial charge in [-0.1, -0.05) is 11.6 Å². The SMILES string of the molecule is C[C@H]1OC[C@H](C2(OC(=O)N3CC[C@H](O)C3)CC2)N(S(=O)(=O)c2ccc(Cl)cc2)C1C1CC1. The van der Waals surface area contributed by atoms with Gasteiger partial charge in [-0.25, -0.2) is 13.2 Å². The highest BCUT2D eigenvalue weighted by Gasteiger charge is 2.63. The number of carbonyl (C=O) groups excluding carboxylic acids is 1. The minimum absolute atomic E-state index is 0.174. The van der Waals surface area contributed by atoms with Crippen LogP contribution in [-0.4, -0.2) is 78.4 Å². The largest absolute Gasteiger partial charge is 0.441 e. The molecule has 0 bridgehead atoms. The van der Waals surface area contributed by atoms with Gasteiger partial charge in [0.15, 0.2) is 0 Å². The van der Waals surface area contributed by atoms with Gasteiger partial charge in [0.25, 0.3) is 0 Å². The number of ether oxygens (including phenoxy) is 2. The van der Waals surface area contributed by atoms with Crippen LogP contribution in [0.1, 0.15) is 39.0 Å². The van der Waals surface area contributed by atoms with E-state index in [1.807, 2.05) is 6.92 Å². The van der Waals surface area contributed by atoms with Crippen molar-refractivity contribution in [2.24, 2.45) is 5.92 Å². The molecule has 32 heavy (non-hydrogen) atoms. The Balaban J connectivity index is 1.47. The highest BCUT2D eigenvalue weighted by atomic mass is 35.5. The van der Waals surface area contributed by atoms with E-state index in [-0.39, 0.29) is 36.1 Å². The predicted molar refractivity (Wildman–Crippen MR) is 117 cm³/mol. The molecule has 1 N–H and O–H groups in total. The lowest BCUT2D eigenvalue weighted by Crippen LogP contribution is -2.64. The second-order valence-corrected chi connectivity index (χ2v) is 11.8. The van der Waals surface area contributed by atoms with Crippen LogP contribution in [0.15, 0.2) is 29.2 Å². The normalized spacial score (nSPS) is 32.7. The van der Waals surface area contributed by atoms with Gasteiger partial charge >= 0.3 is 6.09 Å². The number of likely N-dealkylation sites (tertiary alicyclic amines) is 1. The highest BCUT2D eigenvalue weighted by Crippen LogP contribution is 2.51. The molecule has 2 saturated carbocycles. The Morgan fingerprint density at radius 2 is 1.91 bits per heavy atom. The summed E-state index contributed by atoms with van der Waals surface area (Å²) in [6, 6.07) is 5.29. The number of carbonyl (C=O) groups is 1. The molecule has 0 aromatic heterocycles. The van der Waals surface area contributed by atoms with Crippen LogP contribution in [0, 0.1) is 5.92 Å². The third kappa shape index (κ3) is 4.03. The van der Waals surface area contributed by atoms with E-state index >= 15 is 0 Å². The first-order valence-corrected chi connectivity index (χ1v) is 13.1. The molecule has 2 heterocycles. The molecule has 4 aliphatic rings. The van der Waals surface area contributed by atoms with Gasteiger partial charge < -0.3 is 19.5 Å². The predicted octanol–water partition coefficient (Wildman–Crippen LogP) is 2.63. The zero-order valence-corrected chi connectivity index (χ0v) is 19.6. The van der Waals surface area contributed by atoms with Crippen LogP contribution in [0.4, 0.5) is 4.79 Å². The number of sulfonamides is 1. The van der Waals surface area contributed by atoms with Crippen molar-refractivity contribution in [1.29, 1.82) is 0 Å². The van der Waals surface area contributed by atoms with Crippen LogP contribution in [-0.2, 0) is 19.5 Å². The lowest BCUT2D eigenvalue weighted by molar-refractivity contribution is -0.109. The molecule has 2 saturated heterocycles. The van der Waals surface area contributed by atoms with E-state index in [0.29, 0.717) is 30.8 Å². The molecule has 1 aromatic rings. The first-order chi connectivity index (χ1) is 15.2. The van der Waals surface area contributed by atoms with Crippen molar-refractivity contribution in [2.75, 3.05) is 19.7 Å². The maximum Gasteiger partial charge on any atom is 0.410 e. The van der Waals surface area contributed by atoms with Gasteiger partial charge in [0.1, 0.15) is 5.60 Å². The van der Waals surface area contributed by atoms with E-state index in [4.69, 9.17) is 21.1 Å². The Morgan fingerprint density at radius 3 is 2.47 bits per heavy atom. The van der Waals surface area contributed by atoms with E-state index < -0.39 is 33.9 Å². The zero-order chi connectivity index (χ0) is 22.7. The monoisotopic (exact) mass is 484 g/mol. The van der Waals surface area contributed by atoms with Crippen molar-refractivity contribution in [1.82, 2.24) is 9.21 Å². The van der Waals surface area contributed by atoms with Crippen molar-refractivity contribution in [2.45, 2.75) is 73.8 Å². The molecular weight excluding hydrogens is 456 g/mol. The molecule has 2 aliphatic heterocycles. The molecule has 4 fully saturated rings. The molecule has 5 rings (SSSR count). The number of benzene rings is 1. The lowest BCUT2D eigenvalue weighted by Gasteiger charge is -2.47. The molecule has 1 unspecified atom stereocenters. The zero-order valence-electron chi connectivity index (χ0n) is 18.0. The minimum atomic E-state index is -3.87. The van der Waals surface area contributed by atoms with E-state index in [1.54, 1.807) is 16.4 Å². The summed E-state index contributed by atoms with van der Waals surface area (Å²) < 4.78 is 41.4. The second-order valence-electron chi connectivity index (χ2n) is 9.49. The number of halogens is 1. The fourth-order valence-corrected chi connectivity index (χ4v) is 7.17. The summed E-state index contributed by atoms with van der Waals surface area (Å²) in [5, 5.41) is 10.2. The van der Waals surface area contributed by atoms with Crippen LogP contribution < -0.4 is 0 Å². The number of morpholine rings is 1. The first kappa shape index (κ1) is 22.4. The number of hydrogen-bond acceptors (Lipinski definition) is 6. The molecule has 1 aromatic carbocycles. The maximum absolute atomic E-state index is 13.9. The van der Waals surface area contributed by atoms with Gasteiger partial charge in [0.05, 0.1) is 35.8 Å². The number of amides is 1. The van der Waals surface area contributed by atoms with Gasteiger partial charge in [-0.3, -0.25) is 0 Å². The minimum Gasteiger partial charge on any atom is -0.441 e. The van der Waals surface area contributed by atoms with Crippen molar-refractivity contribution < 1.29 is 27.8 Å². The summed E-state index contributed by atoms with van der Waals surface area (Å²) in [5.41, 5.74) is -0.905. The summed E-state index contributed by atoms with van der Waals surface area (Å²) >= 11 is 5.99. The summed E-state index contributed by atoms with van der Waals surface area (Å²) in [6.45, 7) is 2.77. The van der Waals surface area contributed by atoms with E-state index in [2.05, 4.69) is 0 Å². The van der Waals surface area contributed by atoms with Crippen LogP contribution in [0.3, 0.4) is 0 Å². The van der Waals surface area contributed by atoms with Crippen LogP contribution in [0.5, 0.6) is 0 Å². The van der Waals surface area contributed by atoms with Crippen molar-refractivity contribution in [3.8, 4) is 0 Å². The summed E-state index contributed by atoms with van der Waals surface area (Å²) in [6.07, 6.45) is 2.31. The second kappa shape index (κ2) is 8.13. The van der Waals surface area contributed by atoms with Gasteiger partial charge in [-0.05, 0) is 69.2 Å². The topological polar surface area (TPSA) is 96.4 Å². The summed E-state index contributed by atoms with van der Waals surface area (Å²) in [4.78, 5) is 14.5. The van der Waals surface area contributed by atoms with E-state index in [0.717, 1.165) is 12.8 Å². The molecule has 1 amide bonds. The van der Waals surface area contributed by atoms with Crippen LogP contribution in [0.25, 0.3) is 0 Å². The average molecular weight is 485 g/mol. The average Bonchev–Trinajstić information content (AvgIpc) is 3.68. The maximum atomic E-state index is 13.9. The van der Waals surface area contributed by atoms with Crippen LogP contribution >= 0.6 is 11.6 Å². The van der Waals surface area contributed by atoms with Crippen molar-refractivity contribution >= 4 is 27.7 Å². The van der Waals surface area contributed by atoms with Gasteiger partial charge in [0.2, 0.25) is 10.0 Å². The fourth-order valence-electron chi connectivity index (χ4n) is 5.07. The lowest BCUT2D eigenvalue weighted by atomic mass is 9.99. The number of hydrogen-bond donors (Lipinski definition) is 1. The number of aliphatic hydroxyl groups is 1. The molecule has 2 aliphatic carbocycles. The molecule has 0 spiro atoms. The Labute approximate surface area is 193 Å². The molecule has 8 nitrogen and oxygen atoms in total. The molecule has 10 heteroatoms. The van der Waals surface area contributed by atoms with Gasteiger partial charge in [-0.15, -0.1) is 0 Å². The highest BCUT2D eigenvalue weighted by molar-refractivity contribution is 7.89. The third-order valence-electron chi connectivity index (χ3n) is 7.16. The quantitative estimate of drug-likeness (QED) is 0.690. The standard InChI is InChI=1S/C22H29ClN2O6S/c1-14-20(15-2-3-15)25(32(28,29)18-6-4-16(23)5-7-18)19(13-30-14)22(9-10-22)31-21(27)24-11-8-17(26)12-24/h4-7,14-15,17,19-20,26H,2-3,8-13H2,1H3/t14-,17+,19-,20?/m1/s1.